The zero-order valence-corrected chi connectivity index (χ0v) is 11.6. The molecule has 0 aliphatic carbocycles. The highest BCUT2D eigenvalue weighted by Gasteiger charge is 2.16. The number of hydrogen-bond acceptors (Lipinski definition) is 3. The molecule has 1 aliphatic rings. The first kappa shape index (κ1) is 13.9. The van der Waals surface area contributed by atoms with Crippen LogP contribution in [-0.2, 0) is 11.3 Å². The minimum Gasteiger partial charge on any atom is -0.340 e. The number of nitrogens with one attached hydrogen (secondary N) is 1. The molecule has 1 N–H and O–H groups in total. The Balaban J connectivity index is 1.91. The summed E-state index contributed by atoms with van der Waals surface area (Å²) in [7, 11) is 0. The molecule has 0 unspecified atom stereocenters. The highest BCUT2D eigenvalue weighted by molar-refractivity contribution is 5.76. The topological polar surface area (TPSA) is 59.3 Å². The summed E-state index contributed by atoms with van der Waals surface area (Å²) in [5.74, 6) is 0.130. The third-order valence-corrected chi connectivity index (χ3v) is 3.47. The molecule has 0 saturated carbocycles. The van der Waals surface area contributed by atoms with Gasteiger partial charge in [-0.2, -0.15) is 0 Å². The van der Waals surface area contributed by atoms with E-state index in [1.165, 1.54) is 0 Å². The third-order valence-electron chi connectivity index (χ3n) is 3.47. The van der Waals surface area contributed by atoms with Gasteiger partial charge in [0, 0.05) is 57.6 Å². The van der Waals surface area contributed by atoms with Crippen LogP contribution in [0.3, 0.4) is 0 Å². The van der Waals surface area contributed by atoms with Crippen molar-refractivity contribution in [2.75, 3.05) is 26.2 Å². The normalized spacial score (nSPS) is 16.1. The molecule has 0 radical (unpaired) electrons. The minimum absolute atomic E-state index is 0.0388. The van der Waals surface area contributed by atoms with Gasteiger partial charge in [-0.05, 0) is 13.8 Å². The quantitative estimate of drug-likeness (QED) is 0.838. The van der Waals surface area contributed by atoms with E-state index in [2.05, 4.69) is 5.32 Å². The zero-order valence-electron chi connectivity index (χ0n) is 11.6. The van der Waals surface area contributed by atoms with E-state index in [1.54, 1.807) is 21.5 Å². The highest BCUT2D eigenvalue weighted by Crippen LogP contribution is 2.02. The molecule has 106 valence electrons. The molecule has 0 atom stereocenters. The van der Waals surface area contributed by atoms with E-state index in [0.29, 0.717) is 13.0 Å². The van der Waals surface area contributed by atoms with Gasteiger partial charge in [0.2, 0.25) is 5.91 Å². The summed E-state index contributed by atoms with van der Waals surface area (Å²) in [4.78, 5) is 25.9. The monoisotopic (exact) mass is 266 g/mol. The van der Waals surface area contributed by atoms with Crippen LogP contribution in [0.2, 0.25) is 0 Å². The van der Waals surface area contributed by atoms with Gasteiger partial charge in [-0.15, -0.1) is 0 Å². The van der Waals surface area contributed by atoms with Crippen LogP contribution in [0.4, 0.5) is 0 Å². The maximum Gasteiger partial charge on any atom is 0.328 e. The Labute approximate surface area is 113 Å². The highest BCUT2D eigenvalue weighted by atomic mass is 16.2. The summed E-state index contributed by atoms with van der Waals surface area (Å²) in [6, 6.07) is 0.151. The second kappa shape index (κ2) is 6.06. The lowest BCUT2D eigenvalue weighted by atomic mass is 10.3. The van der Waals surface area contributed by atoms with E-state index in [9.17, 15) is 9.59 Å². The Morgan fingerprint density at radius 2 is 2.00 bits per heavy atom. The molecule has 1 aromatic rings. The number of nitrogens with zero attached hydrogens (tertiary/aromatic N) is 3. The number of amides is 1. The van der Waals surface area contributed by atoms with Crippen LogP contribution in [0.1, 0.15) is 26.3 Å². The Morgan fingerprint density at radius 3 is 2.58 bits per heavy atom. The van der Waals surface area contributed by atoms with Crippen molar-refractivity contribution in [3.63, 3.8) is 0 Å². The number of piperazine rings is 1. The van der Waals surface area contributed by atoms with Gasteiger partial charge in [0.25, 0.3) is 0 Å². The van der Waals surface area contributed by atoms with E-state index in [0.717, 1.165) is 26.2 Å². The molecule has 2 heterocycles. The van der Waals surface area contributed by atoms with Crippen LogP contribution in [-0.4, -0.2) is 46.1 Å². The summed E-state index contributed by atoms with van der Waals surface area (Å²) in [6.07, 6.45) is 3.93. The van der Waals surface area contributed by atoms with E-state index in [-0.39, 0.29) is 17.6 Å². The molecule has 1 aliphatic heterocycles. The summed E-state index contributed by atoms with van der Waals surface area (Å²) in [6.45, 7) is 7.64. The molecule has 6 heteroatoms. The average Bonchev–Trinajstić information content (AvgIpc) is 2.78. The van der Waals surface area contributed by atoms with Crippen LogP contribution in [0.15, 0.2) is 17.2 Å². The van der Waals surface area contributed by atoms with Gasteiger partial charge in [0.15, 0.2) is 0 Å². The van der Waals surface area contributed by atoms with Gasteiger partial charge in [-0.3, -0.25) is 13.9 Å². The number of hydrogen-bond donors (Lipinski definition) is 1. The maximum atomic E-state index is 12.0. The standard InChI is InChI=1S/C13H22N4O2/c1-11(2)17-10-9-16(13(17)19)6-3-12(18)15-7-4-14-5-8-15/h9-11,14H,3-8H2,1-2H3. The Hall–Kier alpha value is -1.56. The second-order valence-corrected chi connectivity index (χ2v) is 5.16. The van der Waals surface area contributed by atoms with Crippen LogP contribution in [0.5, 0.6) is 0 Å². The number of imidazole rings is 1. The molecule has 19 heavy (non-hydrogen) atoms. The predicted molar refractivity (Wildman–Crippen MR) is 73.1 cm³/mol. The average molecular weight is 266 g/mol. The van der Waals surface area contributed by atoms with E-state index < -0.39 is 0 Å². The van der Waals surface area contributed by atoms with Gasteiger partial charge in [-0.1, -0.05) is 0 Å². The number of rotatable bonds is 4. The van der Waals surface area contributed by atoms with Gasteiger partial charge < -0.3 is 10.2 Å². The summed E-state index contributed by atoms with van der Waals surface area (Å²) < 4.78 is 3.29. The van der Waals surface area contributed by atoms with E-state index in [4.69, 9.17) is 0 Å². The molecule has 1 fully saturated rings. The zero-order chi connectivity index (χ0) is 13.8. The molecule has 0 spiro atoms. The van der Waals surface area contributed by atoms with Gasteiger partial charge >= 0.3 is 5.69 Å². The van der Waals surface area contributed by atoms with Crippen molar-refractivity contribution in [1.29, 1.82) is 0 Å². The van der Waals surface area contributed by atoms with Gasteiger partial charge in [0.05, 0.1) is 0 Å². The summed E-state index contributed by atoms with van der Waals surface area (Å²) in [5.41, 5.74) is -0.0388. The number of aryl methyl sites for hydroxylation is 1. The number of carbonyl (C=O) groups excluding carboxylic acids is 1. The molecule has 1 aromatic heterocycles. The first-order valence-electron chi connectivity index (χ1n) is 6.85. The van der Waals surface area contributed by atoms with Crippen LogP contribution < -0.4 is 11.0 Å². The minimum atomic E-state index is -0.0388. The first-order chi connectivity index (χ1) is 9.09. The lowest BCUT2D eigenvalue weighted by Crippen LogP contribution is -2.46. The maximum absolute atomic E-state index is 12.0. The molecule has 1 saturated heterocycles. The fourth-order valence-electron chi connectivity index (χ4n) is 2.28. The lowest BCUT2D eigenvalue weighted by Gasteiger charge is -2.27. The molecular weight excluding hydrogens is 244 g/mol. The summed E-state index contributed by atoms with van der Waals surface area (Å²) in [5, 5.41) is 3.22. The Bertz CT molecular complexity index is 483. The molecule has 2 rings (SSSR count). The van der Waals surface area contributed by atoms with Crippen LogP contribution in [0, 0.1) is 0 Å². The third kappa shape index (κ3) is 3.26. The van der Waals surface area contributed by atoms with Gasteiger partial charge in [0.1, 0.15) is 0 Å². The molecule has 0 bridgehead atoms. The predicted octanol–water partition coefficient (Wildman–Crippen LogP) is 0.0526. The van der Waals surface area contributed by atoms with E-state index in [1.807, 2.05) is 18.7 Å². The number of carbonyl (C=O) groups is 1. The van der Waals surface area contributed by atoms with Crippen molar-refractivity contribution < 1.29 is 4.79 Å². The SMILES string of the molecule is CC(C)n1ccn(CCC(=O)N2CCNCC2)c1=O. The fraction of sp³-hybridized carbons (Fsp3) is 0.692. The van der Waals surface area contributed by atoms with Gasteiger partial charge in [-0.25, -0.2) is 4.79 Å². The van der Waals surface area contributed by atoms with Crippen molar-refractivity contribution in [3.05, 3.63) is 22.9 Å². The lowest BCUT2D eigenvalue weighted by molar-refractivity contribution is -0.132. The van der Waals surface area contributed by atoms with E-state index >= 15 is 0 Å². The molecule has 0 aromatic carbocycles. The summed E-state index contributed by atoms with van der Waals surface area (Å²) >= 11 is 0. The van der Waals surface area contributed by atoms with Crippen molar-refractivity contribution in [3.8, 4) is 0 Å². The number of aromatic nitrogens is 2. The van der Waals surface area contributed by atoms with Crippen molar-refractivity contribution in [2.24, 2.45) is 0 Å². The molecule has 1 amide bonds. The van der Waals surface area contributed by atoms with Crippen molar-refractivity contribution >= 4 is 5.91 Å². The largest absolute Gasteiger partial charge is 0.340 e. The first-order valence-corrected chi connectivity index (χ1v) is 6.85. The second-order valence-electron chi connectivity index (χ2n) is 5.16. The van der Waals surface area contributed by atoms with Crippen molar-refractivity contribution in [2.45, 2.75) is 32.9 Å². The Morgan fingerprint density at radius 1 is 1.32 bits per heavy atom. The van der Waals surface area contributed by atoms with Crippen LogP contribution >= 0.6 is 0 Å². The van der Waals surface area contributed by atoms with Crippen molar-refractivity contribution in [1.82, 2.24) is 19.4 Å². The van der Waals surface area contributed by atoms with Crippen LogP contribution in [0.25, 0.3) is 0 Å². The smallest absolute Gasteiger partial charge is 0.328 e. The Kier molecular flexibility index (Phi) is 4.42. The molecular formula is C13H22N4O2. The fourth-order valence-corrected chi connectivity index (χ4v) is 2.28. The molecule has 6 nitrogen and oxygen atoms in total.